The molecule has 3 heterocycles. The molecule has 2 aromatic rings. The minimum absolute atomic E-state index is 0.0161. The molecule has 9 nitrogen and oxygen atoms in total. The van der Waals surface area contributed by atoms with E-state index < -0.39 is 5.91 Å². The lowest BCUT2D eigenvalue weighted by atomic mass is 10.1. The summed E-state index contributed by atoms with van der Waals surface area (Å²) in [5, 5.41) is 6.13. The molecule has 0 aromatic carbocycles. The maximum Gasteiger partial charge on any atom is 0.328 e. The molecule has 10 heteroatoms. The number of hydrogen-bond acceptors (Lipinski definition) is 7. The third-order valence-electron chi connectivity index (χ3n) is 4.49. The molecule has 0 atom stereocenters. The highest BCUT2D eigenvalue weighted by atomic mass is 32.1. The van der Waals surface area contributed by atoms with Gasteiger partial charge in [0.1, 0.15) is 4.88 Å². The number of rotatable bonds is 6. The second-order valence-corrected chi connectivity index (χ2v) is 7.83. The van der Waals surface area contributed by atoms with Crippen LogP contribution in [0.15, 0.2) is 5.18 Å². The largest absolute Gasteiger partial charge is 0.344 e. The maximum absolute atomic E-state index is 12.3. The van der Waals surface area contributed by atoms with E-state index in [9.17, 15) is 14.5 Å². The molecular formula is C17H22N6O3S. The monoisotopic (exact) mass is 390 g/mol. The zero-order chi connectivity index (χ0) is 19.7. The Bertz CT molecular complexity index is 881. The van der Waals surface area contributed by atoms with Gasteiger partial charge in [0.25, 0.3) is 5.91 Å². The van der Waals surface area contributed by atoms with Gasteiger partial charge in [0.05, 0.1) is 17.4 Å². The maximum atomic E-state index is 12.3. The van der Waals surface area contributed by atoms with Crippen molar-refractivity contribution in [2.45, 2.75) is 46.1 Å². The number of H-pyrrole nitrogens is 1. The molecule has 1 saturated heterocycles. The van der Waals surface area contributed by atoms with Gasteiger partial charge < -0.3 is 15.2 Å². The fraction of sp³-hybridized carbons (Fsp3) is 0.529. The van der Waals surface area contributed by atoms with E-state index in [2.05, 4.69) is 25.4 Å². The number of carbonyl (C=O) groups excluding carboxylic acids is 2. The Morgan fingerprint density at radius 2 is 2.07 bits per heavy atom. The highest BCUT2D eigenvalue weighted by Crippen LogP contribution is 2.33. The van der Waals surface area contributed by atoms with Crippen molar-refractivity contribution in [1.82, 2.24) is 20.3 Å². The Balaban J connectivity index is 1.63. The molecule has 0 radical (unpaired) electrons. The van der Waals surface area contributed by atoms with Crippen molar-refractivity contribution in [1.29, 1.82) is 0 Å². The first-order valence-corrected chi connectivity index (χ1v) is 9.65. The molecule has 0 bridgehead atoms. The number of aryl methyl sites for hydroxylation is 2. The first-order valence-electron chi connectivity index (χ1n) is 8.83. The van der Waals surface area contributed by atoms with Crippen LogP contribution >= 0.6 is 11.3 Å². The van der Waals surface area contributed by atoms with E-state index in [1.165, 1.54) is 11.3 Å². The van der Waals surface area contributed by atoms with Gasteiger partial charge >= 0.3 is 5.91 Å². The van der Waals surface area contributed by atoms with Gasteiger partial charge in [-0.05, 0) is 19.3 Å². The number of thiazole rings is 1. The lowest BCUT2D eigenvalue weighted by Gasteiger charge is -2.39. The van der Waals surface area contributed by atoms with Crippen LogP contribution in [0, 0.1) is 11.8 Å². The number of amides is 2. The average molecular weight is 390 g/mol. The Hall–Kier alpha value is -2.62. The Morgan fingerprint density at radius 1 is 1.37 bits per heavy atom. The summed E-state index contributed by atoms with van der Waals surface area (Å²) in [7, 11) is 0. The van der Waals surface area contributed by atoms with Crippen LogP contribution in [0.3, 0.4) is 0 Å². The Morgan fingerprint density at radius 3 is 2.63 bits per heavy atom. The van der Waals surface area contributed by atoms with Gasteiger partial charge in [0.15, 0.2) is 11.0 Å². The second-order valence-electron chi connectivity index (χ2n) is 6.85. The van der Waals surface area contributed by atoms with Crippen LogP contribution in [0.25, 0.3) is 0 Å². The SMILES string of the molecule is CCc1nc(C(=O)NC2CN(c3nc(C(C)C)c(C(=O)N=O)s3)C2)[nH]c1C. The summed E-state index contributed by atoms with van der Waals surface area (Å²) >= 11 is 1.17. The number of carbonyl (C=O) groups is 2. The van der Waals surface area contributed by atoms with E-state index in [1.54, 1.807) is 0 Å². The number of anilines is 1. The highest BCUT2D eigenvalue weighted by Gasteiger charge is 2.33. The molecule has 0 unspecified atom stereocenters. The number of hydrogen-bond donors (Lipinski definition) is 2. The molecule has 1 fully saturated rings. The van der Waals surface area contributed by atoms with Crippen molar-refractivity contribution < 1.29 is 9.59 Å². The first-order chi connectivity index (χ1) is 12.8. The van der Waals surface area contributed by atoms with Gasteiger partial charge in [-0.1, -0.05) is 32.1 Å². The lowest BCUT2D eigenvalue weighted by molar-refractivity contribution is 0.0919. The fourth-order valence-electron chi connectivity index (χ4n) is 2.97. The highest BCUT2D eigenvalue weighted by molar-refractivity contribution is 7.17. The molecule has 144 valence electrons. The number of aromatic amines is 1. The van der Waals surface area contributed by atoms with E-state index in [0.29, 0.717) is 34.6 Å². The molecule has 0 aliphatic carbocycles. The van der Waals surface area contributed by atoms with Crippen molar-refractivity contribution in [3.05, 3.63) is 32.7 Å². The van der Waals surface area contributed by atoms with Crippen molar-refractivity contribution in [2.24, 2.45) is 5.18 Å². The predicted octanol–water partition coefficient (Wildman–Crippen LogP) is 2.39. The topological polar surface area (TPSA) is 120 Å². The first kappa shape index (κ1) is 19.2. The zero-order valence-corrected chi connectivity index (χ0v) is 16.5. The number of nitroso groups, excluding NO2 is 1. The van der Waals surface area contributed by atoms with Crippen LogP contribution in [-0.4, -0.2) is 45.9 Å². The molecule has 27 heavy (non-hydrogen) atoms. The summed E-state index contributed by atoms with van der Waals surface area (Å²) < 4.78 is 0. The summed E-state index contributed by atoms with van der Waals surface area (Å²) in [5.74, 6) is -0.676. The molecule has 0 saturated carbocycles. The summed E-state index contributed by atoms with van der Waals surface area (Å²) in [6.45, 7) is 8.88. The molecule has 2 amide bonds. The standard InChI is InChI=1S/C17H22N6O3S/c1-5-11-9(4)18-14(20-11)16(25)19-10-6-23(7-10)17-21-12(8(2)3)13(27-17)15(24)22-26/h8,10H,5-7H2,1-4H3,(H,18,20)(H,19,25). The van der Waals surface area contributed by atoms with Gasteiger partial charge in [-0.15, -0.1) is 4.91 Å². The minimum Gasteiger partial charge on any atom is -0.344 e. The summed E-state index contributed by atoms with van der Waals surface area (Å²) in [6, 6.07) is -0.0252. The Kier molecular flexibility index (Phi) is 5.36. The molecule has 3 rings (SSSR count). The van der Waals surface area contributed by atoms with E-state index in [-0.39, 0.29) is 17.9 Å². The van der Waals surface area contributed by atoms with Crippen LogP contribution in [0.4, 0.5) is 5.13 Å². The summed E-state index contributed by atoms with van der Waals surface area (Å²) in [4.78, 5) is 48.7. The van der Waals surface area contributed by atoms with Crippen LogP contribution in [-0.2, 0) is 6.42 Å². The van der Waals surface area contributed by atoms with E-state index in [0.717, 1.165) is 17.8 Å². The van der Waals surface area contributed by atoms with Crippen LogP contribution in [0.2, 0.25) is 0 Å². The van der Waals surface area contributed by atoms with Crippen molar-refractivity contribution in [2.75, 3.05) is 18.0 Å². The summed E-state index contributed by atoms with van der Waals surface area (Å²) in [6.07, 6.45) is 0.770. The minimum atomic E-state index is -0.784. The van der Waals surface area contributed by atoms with Crippen LogP contribution in [0.5, 0.6) is 0 Å². The van der Waals surface area contributed by atoms with Crippen LogP contribution < -0.4 is 10.2 Å². The van der Waals surface area contributed by atoms with Gasteiger partial charge in [-0.25, -0.2) is 9.97 Å². The van der Waals surface area contributed by atoms with Crippen molar-refractivity contribution in [3.63, 3.8) is 0 Å². The van der Waals surface area contributed by atoms with Crippen molar-refractivity contribution in [3.8, 4) is 0 Å². The second kappa shape index (κ2) is 7.55. The Labute approximate surface area is 160 Å². The normalized spacial score (nSPS) is 14.3. The number of nitrogens with zero attached hydrogens (tertiary/aromatic N) is 4. The molecule has 1 aliphatic heterocycles. The third kappa shape index (κ3) is 3.75. The third-order valence-corrected chi connectivity index (χ3v) is 5.61. The molecule has 1 aliphatic rings. The molecule has 2 N–H and O–H groups in total. The summed E-state index contributed by atoms with van der Waals surface area (Å²) in [5.41, 5.74) is 2.38. The molecule has 2 aromatic heterocycles. The van der Waals surface area contributed by atoms with Gasteiger partial charge in [0.2, 0.25) is 0 Å². The van der Waals surface area contributed by atoms with Crippen LogP contribution in [0.1, 0.15) is 64.1 Å². The van der Waals surface area contributed by atoms with Crippen molar-refractivity contribution >= 4 is 28.3 Å². The number of nitrogens with one attached hydrogen (secondary N) is 2. The van der Waals surface area contributed by atoms with Gasteiger partial charge in [-0.3, -0.25) is 9.59 Å². The lowest BCUT2D eigenvalue weighted by Crippen LogP contribution is -2.59. The molecular weight excluding hydrogens is 368 g/mol. The number of imidazole rings is 1. The fourth-order valence-corrected chi connectivity index (χ4v) is 4.08. The van der Waals surface area contributed by atoms with Gasteiger partial charge in [-0.2, -0.15) is 0 Å². The quantitative estimate of drug-likeness (QED) is 0.731. The van der Waals surface area contributed by atoms with E-state index >= 15 is 0 Å². The predicted molar refractivity (Wildman–Crippen MR) is 102 cm³/mol. The van der Waals surface area contributed by atoms with E-state index in [1.807, 2.05) is 32.6 Å². The number of aromatic nitrogens is 3. The zero-order valence-electron chi connectivity index (χ0n) is 15.7. The smallest absolute Gasteiger partial charge is 0.328 e. The van der Waals surface area contributed by atoms with E-state index in [4.69, 9.17) is 0 Å². The van der Waals surface area contributed by atoms with Gasteiger partial charge in [0, 0.05) is 24.0 Å². The average Bonchev–Trinajstić information content (AvgIpc) is 3.20. The molecule has 0 spiro atoms.